The molecule has 72 valence electrons. The third-order valence-electron chi connectivity index (χ3n) is 2.04. The maximum absolute atomic E-state index is 9.11. The van der Waals surface area contributed by atoms with Crippen molar-refractivity contribution in [1.29, 1.82) is 0 Å². The number of aliphatic hydroxyl groups excluding tert-OH is 1. The van der Waals surface area contributed by atoms with Crippen molar-refractivity contribution in [3.8, 4) is 11.5 Å². The van der Waals surface area contributed by atoms with E-state index in [4.69, 9.17) is 14.6 Å². The van der Waals surface area contributed by atoms with Crippen LogP contribution in [0.15, 0.2) is 12.1 Å². The molecule has 0 bridgehead atoms. The molecule has 0 spiro atoms. The highest BCUT2D eigenvalue weighted by atomic mass is 16.5. The highest BCUT2D eigenvalue weighted by molar-refractivity contribution is 5.50. The summed E-state index contributed by atoms with van der Waals surface area (Å²) >= 11 is 0. The second-order valence-corrected chi connectivity index (χ2v) is 2.75. The van der Waals surface area contributed by atoms with Crippen LogP contribution >= 0.6 is 0 Å². The number of benzene rings is 1. The van der Waals surface area contributed by atoms with Gasteiger partial charge in [-0.05, 0) is 18.6 Å². The van der Waals surface area contributed by atoms with Crippen molar-refractivity contribution >= 4 is 0 Å². The zero-order chi connectivity index (χ0) is 9.84. The lowest BCUT2D eigenvalue weighted by atomic mass is 10.1. The fraction of sp³-hybridized carbons (Fsp3) is 0.400. The van der Waals surface area contributed by atoms with E-state index in [1.807, 2.05) is 19.1 Å². The van der Waals surface area contributed by atoms with Gasteiger partial charge in [-0.15, -0.1) is 0 Å². The first kappa shape index (κ1) is 9.86. The number of ether oxygens (including phenoxy) is 2. The van der Waals surface area contributed by atoms with Crippen LogP contribution in [0.2, 0.25) is 0 Å². The van der Waals surface area contributed by atoms with Crippen LogP contribution in [0.4, 0.5) is 0 Å². The Morgan fingerprint density at radius 2 is 1.92 bits per heavy atom. The van der Waals surface area contributed by atoms with Crippen LogP contribution in [0.1, 0.15) is 11.1 Å². The average Bonchev–Trinajstić information content (AvgIpc) is 2.17. The smallest absolute Gasteiger partial charge is 0.166 e. The van der Waals surface area contributed by atoms with E-state index in [1.54, 1.807) is 14.2 Å². The monoisotopic (exact) mass is 182 g/mol. The molecule has 0 radical (unpaired) electrons. The molecule has 0 saturated heterocycles. The predicted molar refractivity (Wildman–Crippen MR) is 50.2 cm³/mol. The van der Waals surface area contributed by atoms with Crippen molar-refractivity contribution < 1.29 is 14.6 Å². The SMILES string of the molecule is COc1ccc(C)c(CO)c1OC. The summed E-state index contributed by atoms with van der Waals surface area (Å²) in [5.41, 5.74) is 1.78. The molecular formula is C10H14O3. The lowest BCUT2D eigenvalue weighted by Crippen LogP contribution is -1.98. The quantitative estimate of drug-likeness (QED) is 0.770. The van der Waals surface area contributed by atoms with Gasteiger partial charge in [0.05, 0.1) is 20.8 Å². The van der Waals surface area contributed by atoms with E-state index in [2.05, 4.69) is 0 Å². The van der Waals surface area contributed by atoms with Gasteiger partial charge in [0.15, 0.2) is 11.5 Å². The number of hydrogen-bond donors (Lipinski definition) is 1. The minimum Gasteiger partial charge on any atom is -0.493 e. The molecule has 0 aromatic heterocycles. The molecule has 3 nitrogen and oxygen atoms in total. The Kier molecular flexibility index (Phi) is 3.14. The third-order valence-corrected chi connectivity index (χ3v) is 2.04. The van der Waals surface area contributed by atoms with Crippen LogP contribution < -0.4 is 9.47 Å². The number of aryl methyl sites for hydroxylation is 1. The molecule has 1 aromatic rings. The normalized spacial score (nSPS) is 9.85. The largest absolute Gasteiger partial charge is 0.493 e. The van der Waals surface area contributed by atoms with E-state index in [1.165, 1.54) is 0 Å². The molecule has 13 heavy (non-hydrogen) atoms. The van der Waals surface area contributed by atoms with Crippen molar-refractivity contribution in [2.75, 3.05) is 14.2 Å². The minimum atomic E-state index is -0.0355. The topological polar surface area (TPSA) is 38.7 Å². The van der Waals surface area contributed by atoms with Crippen LogP contribution in [0, 0.1) is 6.92 Å². The summed E-state index contributed by atoms with van der Waals surface area (Å²) in [6.45, 7) is 1.89. The Morgan fingerprint density at radius 1 is 1.23 bits per heavy atom. The molecule has 0 aliphatic rings. The van der Waals surface area contributed by atoms with Crippen molar-refractivity contribution in [3.63, 3.8) is 0 Å². The summed E-state index contributed by atoms with van der Waals surface area (Å²) in [5, 5.41) is 9.11. The lowest BCUT2D eigenvalue weighted by Gasteiger charge is -2.13. The Bertz CT molecular complexity index is 294. The van der Waals surface area contributed by atoms with Crippen molar-refractivity contribution in [2.45, 2.75) is 13.5 Å². The number of rotatable bonds is 3. The molecule has 1 N–H and O–H groups in total. The molecule has 3 heteroatoms. The maximum Gasteiger partial charge on any atom is 0.166 e. The molecule has 0 aliphatic carbocycles. The molecule has 0 aliphatic heterocycles. The van der Waals surface area contributed by atoms with Crippen molar-refractivity contribution in [2.24, 2.45) is 0 Å². The Hall–Kier alpha value is -1.22. The summed E-state index contributed by atoms with van der Waals surface area (Å²) in [4.78, 5) is 0. The molecule has 0 fully saturated rings. The predicted octanol–water partition coefficient (Wildman–Crippen LogP) is 1.50. The van der Waals surface area contributed by atoms with Gasteiger partial charge in [0.1, 0.15) is 0 Å². The van der Waals surface area contributed by atoms with Crippen molar-refractivity contribution in [1.82, 2.24) is 0 Å². The van der Waals surface area contributed by atoms with Gasteiger partial charge in [0, 0.05) is 5.56 Å². The highest BCUT2D eigenvalue weighted by Crippen LogP contribution is 2.32. The second kappa shape index (κ2) is 4.14. The molecule has 1 aromatic carbocycles. The van der Waals surface area contributed by atoms with E-state index in [0.717, 1.165) is 11.1 Å². The van der Waals surface area contributed by atoms with Gasteiger partial charge in [-0.3, -0.25) is 0 Å². The Labute approximate surface area is 77.9 Å². The first-order valence-corrected chi connectivity index (χ1v) is 4.06. The zero-order valence-electron chi connectivity index (χ0n) is 8.13. The summed E-state index contributed by atoms with van der Waals surface area (Å²) in [6, 6.07) is 3.72. The average molecular weight is 182 g/mol. The molecule has 0 saturated carbocycles. The molecule has 0 amide bonds. The van der Waals surface area contributed by atoms with Crippen LogP contribution in [0.25, 0.3) is 0 Å². The van der Waals surface area contributed by atoms with Gasteiger partial charge >= 0.3 is 0 Å². The molecule has 0 unspecified atom stereocenters. The third kappa shape index (κ3) is 1.75. The summed E-state index contributed by atoms with van der Waals surface area (Å²) in [5.74, 6) is 1.27. The fourth-order valence-electron chi connectivity index (χ4n) is 1.29. The van der Waals surface area contributed by atoms with Crippen molar-refractivity contribution in [3.05, 3.63) is 23.3 Å². The zero-order valence-corrected chi connectivity index (χ0v) is 8.13. The van der Waals surface area contributed by atoms with Crippen LogP contribution in [-0.4, -0.2) is 19.3 Å². The molecule has 0 atom stereocenters. The van der Waals surface area contributed by atoms with Gasteiger partial charge in [-0.25, -0.2) is 0 Å². The van der Waals surface area contributed by atoms with E-state index in [-0.39, 0.29) is 6.61 Å². The Balaban J connectivity index is 3.27. The van der Waals surface area contributed by atoms with Crippen LogP contribution in [0.3, 0.4) is 0 Å². The fourth-order valence-corrected chi connectivity index (χ4v) is 1.29. The first-order valence-electron chi connectivity index (χ1n) is 4.06. The summed E-state index contributed by atoms with van der Waals surface area (Å²) < 4.78 is 10.3. The van der Waals surface area contributed by atoms with E-state index in [0.29, 0.717) is 11.5 Å². The number of aliphatic hydroxyl groups is 1. The highest BCUT2D eigenvalue weighted by Gasteiger charge is 2.10. The first-order chi connectivity index (χ1) is 6.24. The van der Waals surface area contributed by atoms with E-state index >= 15 is 0 Å². The lowest BCUT2D eigenvalue weighted by molar-refractivity contribution is 0.269. The summed E-state index contributed by atoms with van der Waals surface area (Å²) in [6.07, 6.45) is 0. The van der Waals surface area contributed by atoms with E-state index < -0.39 is 0 Å². The number of hydrogen-bond acceptors (Lipinski definition) is 3. The standard InChI is InChI=1S/C10H14O3/c1-7-4-5-9(12-2)10(13-3)8(7)6-11/h4-5,11H,6H2,1-3H3. The van der Waals surface area contributed by atoms with Crippen LogP contribution in [-0.2, 0) is 6.61 Å². The van der Waals surface area contributed by atoms with E-state index in [9.17, 15) is 0 Å². The van der Waals surface area contributed by atoms with Gasteiger partial charge in [-0.1, -0.05) is 6.07 Å². The molecular weight excluding hydrogens is 168 g/mol. The van der Waals surface area contributed by atoms with Gasteiger partial charge in [-0.2, -0.15) is 0 Å². The molecule has 0 heterocycles. The molecule has 1 rings (SSSR count). The summed E-state index contributed by atoms with van der Waals surface area (Å²) in [7, 11) is 3.14. The second-order valence-electron chi connectivity index (χ2n) is 2.75. The maximum atomic E-state index is 9.11. The Morgan fingerprint density at radius 3 is 2.38 bits per heavy atom. The van der Waals surface area contributed by atoms with Gasteiger partial charge < -0.3 is 14.6 Å². The van der Waals surface area contributed by atoms with Gasteiger partial charge in [0.25, 0.3) is 0 Å². The van der Waals surface area contributed by atoms with Gasteiger partial charge in [0.2, 0.25) is 0 Å². The van der Waals surface area contributed by atoms with Crippen LogP contribution in [0.5, 0.6) is 11.5 Å². The minimum absolute atomic E-state index is 0.0355. The number of methoxy groups -OCH3 is 2.